The molecule has 0 aliphatic carbocycles. The number of ether oxygens (including phenoxy) is 3. The molecule has 2 fully saturated rings. The van der Waals surface area contributed by atoms with E-state index in [1.807, 2.05) is 30.3 Å². The lowest BCUT2D eigenvalue weighted by Crippen LogP contribution is -2.35. The first-order chi connectivity index (χ1) is 11.5. The van der Waals surface area contributed by atoms with Crippen LogP contribution in [0.2, 0.25) is 0 Å². The summed E-state index contributed by atoms with van der Waals surface area (Å²) in [5.41, 5.74) is 0.317. The zero-order valence-corrected chi connectivity index (χ0v) is 14.3. The summed E-state index contributed by atoms with van der Waals surface area (Å²) in [6.07, 6.45) is 1.22. The molecular formula is C19H26O5. The third-order valence-electron chi connectivity index (χ3n) is 4.98. The molecule has 132 valence electrons. The monoisotopic (exact) mass is 334 g/mol. The minimum Gasteiger partial charge on any atom is -0.459 e. The quantitative estimate of drug-likeness (QED) is 0.810. The molecule has 5 nitrogen and oxygen atoms in total. The number of esters is 1. The van der Waals surface area contributed by atoms with Crippen LogP contribution in [0.5, 0.6) is 0 Å². The summed E-state index contributed by atoms with van der Waals surface area (Å²) >= 11 is 0. The zero-order chi connectivity index (χ0) is 17.2. The highest BCUT2D eigenvalue weighted by atomic mass is 16.6. The fourth-order valence-corrected chi connectivity index (χ4v) is 3.33. The van der Waals surface area contributed by atoms with E-state index in [-0.39, 0.29) is 18.2 Å². The second-order valence-electron chi connectivity index (χ2n) is 7.30. The molecule has 0 aromatic heterocycles. The molecule has 4 atom stereocenters. The Bertz CT molecular complexity index is 556. The van der Waals surface area contributed by atoms with Gasteiger partial charge in [0.25, 0.3) is 0 Å². The van der Waals surface area contributed by atoms with Gasteiger partial charge in [-0.3, -0.25) is 4.79 Å². The van der Waals surface area contributed by atoms with Crippen molar-refractivity contribution in [3.8, 4) is 0 Å². The van der Waals surface area contributed by atoms with Crippen molar-refractivity contribution < 1.29 is 24.1 Å². The summed E-state index contributed by atoms with van der Waals surface area (Å²) in [4.78, 5) is 11.8. The second kappa shape index (κ2) is 7.21. The van der Waals surface area contributed by atoms with Crippen LogP contribution in [0, 0.1) is 5.41 Å². The van der Waals surface area contributed by atoms with Crippen LogP contribution in [0.1, 0.15) is 38.7 Å². The fourth-order valence-electron chi connectivity index (χ4n) is 3.33. The Hall–Kier alpha value is -1.43. The fraction of sp³-hybridized carbons (Fsp3) is 0.632. The number of cyclic esters (lactones) is 1. The number of carbonyl (C=O) groups is 1. The lowest BCUT2D eigenvalue weighted by atomic mass is 9.85. The van der Waals surface area contributed by atoms with Gasteiger partial charge in [0.15, 0.2) is 0 Å². The Morgan fingerprint density at radius 1 is 1.21 bits per heavy atom. The first kappa shape index (κ1) is 17.4. The standard InChI is InChI=1S/C19H26O5/c1-19(2)17(20)16(24-18(19)21)10-14-8-9-15(23-14)12-22-11-13-6-4-3-5-7-13/h3-7,14-17,20H,8-12H2,1-2H3/t14-,15+,16+,17-/m1/s1. The molecule has 0 saturated carbocycles. The number of hydrogen-bond acceptors (Lipinski definition) is 5. The van der Waals surface area contributed by atoms with Crippen molar-refractivity contribution in [3.63, 3.8) is 0 Å². The van der Waals surface area contributed by atoms with E-state index in [2.05, 4.69) is 0 Å². The molecule has 1 aromatic carbocycles. The molecule has 24 heavy (non-hydrogen) atoms. The minimum atomic E-state index is -0.832. The summed E-state index contributed by atoms with van der Waals surface area (Å²) in [6.45, 7) is 4.58. The maximum Gasteiger partial charge on any atom is 0.314 e. The van der Waals surface area contributed by atoms with Crippen LogP contribution >= 0.6 is 0 Å². The van der Waals surface area contributed by atoms with E-state index >= 15 is 0 Å². The maximum atomic E-state index is 11.8. The number of aliphatic hydroxyl groups excluding tert-OH is 1. The van der Waals surface area contributed by atoms with Gasteiger partial charge in [0.2, 0.25) is 0 Å². The normalized spacial score (nSPS) is 32.0. The van der Waals surface area contributed by atoms with Crippen LogP contribution in [0.25, 0.3) is 0 Å². The highest BCUT2D eigenvalue weighted by Gasteiger charge is 2.51. The highest BCUT2D eigenvalue weighted by molar-refractivity contribution is 5.79. The Labute approximate surface area is 142 Å². The average Bonchev–Trinajstić information content (AvgIpc) is 3.08. The summed E-state index contributed by atoms with van der Waals surface area (Å²) in [5.74, 6) is -0.333. The Morgan fingerprint density at radius 3 is 2.58 bits per heavy atom. The van der Waals surface area contributed by atoms with Crippen LogP contribution in [0.15, 0.2) is 30.3 Å². The Kier molecular flexibility index (Phi) is 5.23. The summed E-state index contributed by atoms with van der Waals surface area (Å²) in [6, 6.07) is 10.1. The van der Waals surface area contributed by atoms with Crippen LogP contribution < -0.4 is 0 Å². The molecule has 0 spiro atoms. The van der Waals surface area contributed by atoms with E-state index in [1.165, 1.54) is 0 Å². The van der Waals surface area contributed by atoms with Gasteiger partial charge < -0.3 is 19.3 Å². The number of carbonyl (C=O) groups excluding carboxylic acids is 1. The van der Waals surface area contributed by atoms with E-state index in [0.29, 0.717) is 19.6 Å². The van der Waals surface area contributed by atoms with Gasteiger partial charge in [0, 0.05) is 6.42 Å². The van der Waals surface area contributed by atoms with Gasteiger partial charge in [-0.25, -0.2) is 0 Å². The molecule has 0 amide bonds. The first-order valence-corrected chi connectivity index (χ1v) is 8.63. The van der Waals surface area contributed by atoms with E-state index in [0.717, 1.165) is 18.4 Å². The Morgan fingerprint density at radius 2 is 1.92 bits per heavy atom. The van der Waals surface area contributed by atoms with Gasteiger partial charge in [-0.15, -0.1) is 0 Å². The third kappa shape index (κ3) is 3.79. The highest BCUT2D eigenvalue weighted by Crippen LogP contribution is 2.37. The van der Waals surface area contributed by atoms with E-state index in [9.17, 15) is 9.90 Å². The van der Waals surface area contributed by atoms with E-state index in [1.54, 1.807) is 13.8 Å². The smallest absolute Gasteiger partial charge is 0.314 e. The molecule has 2 aliphatic rings. The lowest BCUT2D eigenvalue weighted by Gasteiger charge is -2.22. The molecule has 1 N–H and O–H groups in total. The van der Waals surface area contributed by atoms with Crippen molar-refractivity contribution in [2.45, 2.75) is 64.1 Å². The number of rotatable bonds is 6. The lowest BCUT2D eigenvalue weighted by molar-refractivity contribution is -0.148. The zero-order valence-electron chi connectivity index (χ0n) is 14.3. The molecule has 0 bridgehead atoms. The SMILES string of the molecule is CC1(C)C(=O)O[C@@H](C[C@H]2CC[C@@H](COCc3ccccc3)O2)[C@H]1O. The van der Waals surface area contributed by atoms with Crippen LogP contribution in [0.4, 0.5) is 0 Å². The molecule has 0 radical (unpaired) electrons. The first-order valence-electron chi connectivity index (χ1n) is 8.63. The van der Waals surface area contributed by atoms with Crippen molar-refractivity contribution in [1.82, 2.24) is 0 Å². The topological polar surface area (TPSA) is 65.0 Å². The molecule has 5 heteroatoms. The largest absolute Gasteiger partial charge is 0.459 e. The summed E-state index contributed by atoms with van der Waals surface area (Å²) < 4.78 is 17.0. The number of aliphatic hydroxyl groups is 1. The predicted molar refractivity (Wildman–Crippen MR) is 88.3 cm³/mol. The molecule has 2 saturated heterocycles. The van der Waals surface area contributed by atoms with Gasteiger partial charge in [0.1, 0.15) is 12.2 Å². The maximum absolute atomic E-state index is 11.8. The van der Waals surface area contributed by atoms with Gasteiger partial charge >= 0.3 is 5.97 Å². The van der Waals surface area contributed by atoms with Gasteiger partial charge in [-0.05, 0) is 32.3 Å². The molecule has 3 rings (SSSR count). The third-order valence-corrected chi connectivity index (χ3v) is 4.98. The van der Waals surface area contributed by atoms with Gasteiger partial charge in [-0.2, -0.15) is 0 Å². The predicted octanol–water partition coefficient (Wildman–Crippen LogP) is 2.45. The van der Waals surface area contributed by atoms with E-state index in [4.69, 9.17) is 14.2 Å². The minimum absolute atomic E-state index is 0.0108. The van der Waals surface area contributed by atoms with Gasteiger partial charge in [0.05, 0.1) is 30.8 Å². The van der Waals surface area contributed by atoms with E-state index < -0.39 is 17.6 Å². The van der Waals surface area contributed by atoms with Crippen molar-refractivity contribution in [2.75, 3.05) is 6.61 Å². The average molecular weight is 334 g/mol. The van der Waals surface area contributed by atoms with Crippen LogP contribution in [-0.4, -0.2) is 42.1 Å². The summed E-state index contributed by atoms with van der Waals surface area (Å²) in [5, 5.41) is 10.3. The van der Waals surface area contributed by atoms with Crippen molar-refractivity contribution in [3.05, 3.63) is 35.9 Å². The summed E-state index contributed by atoms with van der Waals surface area (Å²) in [7, 11) is 0. The van der Waals surface area contributed by atoms with Crippen LogP contribution in [-0.2, 0) is 25.6 Å². The molecule has 2 heterocycles. The molecule has 0 unspecified atom stereocenters. The van der Waals surface area contributed by atoms with Crippen molar-refractivity contribution in [2.24, 2.45) is 5.41 Å². The number of hydrogen-bond donors (Lipinski definition) is 1. The number of benzene rings is 1. The molecule has 1 aromatic rings. The molecule has 2 aliphatic heterocycles. The van der Waals surface area contributed by atoms with Gasteiger partial charge in [-0.1, -0.05) is 30.3 Å². The molecular weight excluding hydrogens is 308 g/mol. The second-order valence-corrected chi connectivity index (χ2v) is 7.30. The van der Waals surface area contributed by atoms with Crippen molar-refractivity contribution >= 4 is 5.97 Å². The Balaban J connectivity index is 1.40. The van der Waals surface area contributed by atoms with Crippen LogP contribution in [0.3, 0.4) is 0 Å². The van der Waals surface area contributed by atoms with Crippen molar-refractivity contribution in [1.29, 1.82) is 0 Å².